The molecule has 3 aromatic rings. The minimum atomic E-state index is -4.06. The van der Waals surface area contributed by atoms with Crippen LogP contribution in [0.2, 0.25) is 5.02 Å². The summed E-state index contributed by atoms with van der Waals surface area (Å²) >= 11 is 6.05. The average molecular weight is 493 g/mol. The Morgan fingerprint density at radius 1 is 0.970 bits per heavy atom. The van der Waals surface area contributed by atoms with E-state index in [1.807, 2.05) is 0 Å². The Bertz CT molecular complexity index is 1320. The molecule has 0 fully saturated rings. The van der Waals surface area contributed by atoms with Gasteiger partial charge in [-0.1, -0.05) is 41.9 Å². The van der Waals surface area contributed by atoms with Gasteiger partial charge in [-0.2, -0.15) is 0 Å². The number of benzene rings is 3. The number of carbonyl (C=O) groups excluding carboxylic acids is 2. The van der Waals surface area contributed by atoms with E-state index in [1.165, 1.54) is 25.1 Å². The molecule has 0 spiro atoms. The van der Waals surface area contributed by atoms with Gasteiger partial charge in [-0.15, -0.1) is 0 Å². The van der Waals surface area contributed by atoms with Gasteiger partial charge in [0.2, 0.25) is 15.9 Å². The van der Waals surface area contributed by atoms with Gasteiger partial charge in [0.1, 0.15) is 6.04 Å². The van der Waals surface area contributed by atoms with E-state index in [4.69, 9.17) is 11.6 Å². The lowest BCUT2D eigenvalue weighted by molar-refractivity contribution is -0.116. The normalized spacial score (nSPS) is 12.2. The fourth-order valence-corrected chi connectivity index (χ4v) is 4.57. The van der Waals surface area contributed by atoms with Crippen LogP contribution in [0.4, 0.5) is 20.2 Å². The maximum absolute atomic E-state index is 13.7. The summed E-state index contributed by atoms with van der Waals surface area (Å²) < 4.78 is 52.5. The zero-order chi connectivity index (χ0) is 24.3. The molecule has 1 amide bonds. The Labute approximate surface area is 194 Å². The van der Waals surface area contributed by atoms with Gasteiger partial charge in [-0.3, -0.25) is 13.9 Å². The molecule has 0 aromatic heterocycles. The van der Waals surface area contributed by atoms with Crippen LogP contribution < -0.4 is 9.62 Å². The van der Waals surface area contributed by atoms with Gasteiger partial charge in [0.05, 0.1) is 17.6 Å². The summed E-state index contributed by atoms with van der Waals surface area (Å²) in [4.78, 5) is 26.0. The smallest absolute Gasteiger partial charge is 0.248 e. The first-order chi connectivity index (χ1) is 15.5. The van der Waals surface area contributed by atoms with E-state index in [-0.39, 0.29) is 22.0 Å². The number of ketones is 1. The summed E-state index contributed by atoms with van der Waals surface area (Å²) in [6, 6.07) is 13.7. The molecule has 0 bridgehead atoms. The molecule has 172 valence electrons. The Morgan fingerprint density at radius 3 is 2.24 bits per heavy atom. The predicted molar refractivity (Wildman–Crippen MR) is 123 cm³/mol. The SMILES string of the molecule is CC(C(=O)Nc1ccc(Cl)cc1C(=O)c1ccccc1)N(c1ccc(F)c(F)c1)S(C)(=O)=O. The molecule has 0 saturated carbocycles. The third-order valence-corrected chi connectivity index (χ3v) is 6.24. The highest BCUT2D eigenvalue weighted by Gasteiger charge is 2.30. The number of halogens is 3. The highest BCUT2D eigenvalue weighted by Crippen LogP contribution is 2.26. The van der Waals surface area contributed by atoms with Gasteiger partial charge in [0.25, 0.3) is 0 Å². The van der Waals surface area contributed by atoms with Crippen molar-refractivity contribution < 1.29 is 26.8 Å². The van der Waals surface area contributed by atoms with E-state index in [1.54, 1.807) is 30.3 Å². The predicted octanol–water partition coefficient (Wildman–Crippen LogP) is 4.64. The number of hydrogen-bond donors (Lipinski definition) is 1. The average Bonchev–Trinajstić information content (AvgIpc) is 2.76. The molecule has 1 atom stereocenters. The van der Waals surface area contributed by atoms with E-state index < -0.39 is 39.4 Å². The maximum Gasteiger partial charge on any atom is 0.248 e. The number of sulfonamides is 1. The number of carbonyl (C=O) groups is 2. The second-order valence-corrected chi connectivity index (χ2v) is 9.50. The zero-order valence-corrected chi connectivity index (χ0v) is 19.1. The summed E-state index contributed by atoms with van der Waals surface area (Å²) in [6.45, 7) is 1.28. The van der Waals surface area contributed by atoms with Crippen LogP contribution in [0.5, 0.6) is 0 Å². The highest BCUT2D eigenvalue weighted by molar-refractivity contribution is 7.92. The van der Waals surface area contributed by atoms with Crippen molar-refractivity contribution in [3.05, 3.63) is 94.5 Å². The van der Waals surface area contributed by atoms with Crippen molar-refractivity contribution in [1.82, 2.24) is 0 Å². The van der Waals surface area contributed by atoms with Crippen LogP contribution in [-0.2, 0) is 14.8 Å². The Balaban J connectivity index is 1.95. The van der Waals surface area contributed by atoms with Crippen LogP contribution in [0.15, 0.2) is 66.7 Å². The lowest BCUT2D eigenvalue weighted by atomic mass is 10.0. The summed E-state index contributed by atoms with van der Waals surface area (Å²) in [5.74, 6) is -3.62. The van der Waals surface area contributed by atoms with Crippen molar-refractivity contribution >= 4 is 44.7 Å². The molecule has 0 saturated heterocycles. The van der Waals surface area contributed by atoms with Crippen molar-refractivity contribution in [2.75, 3.05) is 15.9 Å². The molecule has 3 aromatic carbocycles. The van der Waals surface area contributed by atoms with Crippen LogP contribution >= 0.6 is 11.6 Å². The van der Waals surface area contributed by atoms with Gasteiger partial charge < -0.3 is 5.32 Å². The van der Waals surface area contributed by atoms with E-state index >= 15 is 0 Å². The number of nitrogens with one attached hydrogen (secondary N) is 1. The molecule has 0 heterocycles. The highest BCUT2D eigenvalue weighted by atomic mass is 35.5. The van der Waals surface area contributed by atoms with Crippen molar-refractivity contribution in [3.8, 4) is 0 Å². The van der Waals surface area contributed by atoms with Gasteiger partial charge in [0.15, 0.2) is 17.4 Å². The van der Waals surface area contributed by atoms with Crippen LogP contribution in [0.25, 0.3) is 0 Å². The van der Waals surface area contributed by atoms with Crippen molar-refractivity contribution in [2.45, 2.75) is 13.0 Å². The van der Waals surface area contributed by atoms with E-state index in [2.05, 4.69) is 5.32 Å². The zero-order valence-electron chi connectivity index (χ0n) is 17.6. The maximum atomic E-state index is 13.7. The minimum absolute atomic E-state index is 0.105. The summed E-state index contributed by atoms with van der Waals surface area (Å²) in [5, 5.41) is 2.81. The first kappa shape index (κ1) is 24.3. The third-order valence-electron chi connectivity index (χ3n) is 4.77. The lowest BCUT2D eigenvalue weighted by Crippen LogP contribution is -2.45. The van der Waals surface area contributed by atoms with Crippen LogP contribution in [0.3, 0.4) is 0 Å². The quantitative estimate of drug-likeness (QED) is 0.487. The van der Waals surface area contributed by atoms with Gasteiger partial charge in [-0.25, -0.2) is 17.2 Å². The molecular formula is C23H19ClF2N2O4S. The molecule has 0 radical (unpaired) electrons. The van der Waals surface area contributed by atoms with Gasteiger partial charge in [0, 0.05) is 22.2 Å². The molecule has 1 N–H and O–H groups in total. The fourth-order valence-electron chi connectivity index (χ4n) is 3.23. The molecule has 3 rings (SSSR count). The van der Waals surface area contributed by atoms with E-state index in [9.17, 15) is 26.8 Å². The van der Waals surface area contributed by atoms with Crippen LogP contribution in [-0.4, -0.2) is 32.4 Å². The lowest BCUT2D eigenvalue weighted by Gasteiger charge is -2.28. The largest absolute Gasteiger partial charge is 0.324 e. The number of amides is 1. The fraction of sp³-hybridized carbons (Fsp3) is 0.130. The van der Waals surface area contributed by atoms with Gasteiger partial charge in [-0.05, 0) is 37.3 Å². The second kappa shape index (κ2) is 9.68. The molecular weight excluding hydrogens is 474 g/mol. The molecule has 0 aliphatic heterocycles. The van der Waals surface area contributed by atoms with E-state index in [0.717, 1.165) is 18.4 Å². The molecule has 0 aliphatic carbocycles. The first-order valence-corrected chi connectivity index (χ1v) is 11.9. The second-order valence-electron chi connectivity index (χ2n) is 7.21. The number of nitrogens with zero attached hydrogens (tertiary/aromatic N) is 1. The third kappa shape index (κ3) is 5.55. The number of hydrogen-bond acceptors (Lipinski definition) is 4. The van der Waals surface area contributed by atoms with Crippen LogP contribution in [0, 0.1) is 11.6 Å². The summed E-state index contributed by atoms with van der Waals surface area (Å²) in [5.41, 5.74) is 0.357. The summed E-state index contributed by atoms with van der Waals surface area (Å²) in [6.07, 6.45) is 0.838. The molecule has 33 heavy (non-hydrogen) atoms. The molecule has 6 nitrogen and oxygen atoms in total. The van der Waals surface area contributed by atoms with Gasteiger partial charge >= 0.3 is 0 Å². The van der Waals surface area contributed by atoms with Crippen molar-refractivity contribution in [1.29, 1.82) is 0 Å². The topological polar surface area (TPSA) is 83.6 Å². The Kier molecular flexibility index (Phi) is 7.14. The van der Waals surface area contributed by atoms with E-state index in [0.29, 0.717) is 15.9 Å². The number of anilines is 2. The molecule has 10 heteroatoms. The first-order valence-electron chi connectivity index (χ1n) is 9.63. The number of rotatable bonds is 7. The minimum Gasteiger partial charge on any atom is -0.324 e. The summed E-state index contributed by atoms with van der Waals surface area (Å²) in [7, 11) is -4.06. The van der Waals surface area contributed by atoms with Crippen LogP contribution in [0.1, 0.15) is 22.8 Å². The Morgan fingerprint density at radius 2 is 1.64 bits per heavy atom. The van der Waals surface area contributed by atoms with Crippen molar-refractivity contribution in [2.24, 2.45) is 0 Å². The molecule has 0 aliphatic rings. The molecule has 1 unspecified atom stereocenters. The standard InChI is InChI=1S/C23H19ClF2N2O4S/c1-14(28(33(2,31)32)17-9-10-19(25)20(26)13-17)23(30)27-21-11-8-16(24)12-18(21)22(29)15-6-4-3-5-7-15/h3-14H,1-2H3,(H,27,30). The monoisotopic (exact) mass is 492 g/mol. The Hall–Kier alpha value is -3.30. The van der Waals surface area contributed by atoms with Crippen molar-refractivity contribution in [3.63, 3.8) is 0 Å².